The molecule has 1 saturated heterocycles. The molecule has 0 radical (unpaired) electrons. The van der Waals surface area contributed by atoms with Crippen LogP contribution in [-0.2, 0) is 4.74 Å². The standard InChI is InChI=1S/C16H22ClFN2O2/c1-11-13(17)9-12(18)10-14(11)19-5-7-20(8-6-19)15(21)22-16(2,3)4/h9-10H,5-8H2,1-4H3. The number of anilines is 1. The van der Waals surface area contributed by atoms with Gasteiger partial charge in [-0.05, 0) is 45.4 Å². The Labute approximate surface area is 135 Å². The van der Waals surface area contributed by atoms with E-state index in [4.69, 9.17) is 16.3 Å². The van der Waals surface area contributed by atoms with Gasteiger partial charge in [-0.2, -0.15) is 0 Å². The molecule has 0 unspecified atom stereocenters. The summed E-state index contributed by atoms with van der Waals surface area (Å²) in [6, 6.07) is 2.81. The van der Waals surface area contributed by atoms with E-state index in [1.165, 1.54) is 12.1 Å². The van der Waals surface area contributed by atoms with Crippen LogP contribution in [0.1, 0.15) is 26.3 Å². The van der Waals surface area contributed by atoms with Crippen LogP contribution in [0.3, 0.4) is 0 Å². The number of ether oxygens (including phenoxy) is 1. The summed E-state index contributed by atoms with van der Waals surface area (Å²) in [7, 11) is 0. The van der Waals surface area contributed by atoms with Crippen molar-refractivity contribution in [3.8, 4) is 0 Å². The average molecular weight is 329 g/mol. The summed E-state index contributed by atoms with van der Waals surface area (Å²) >= 11 is 6.04. The highest BCUT2D eigenvalue weighted by molar-refractivity contribution is 6.31. The molecule has 0 spiro atoms. The van der Waals surface area contributed by atoms with E-state index in [1.54, 1.807) is 4.90 Å². The third-order valence-electron chi connectivity index (χ3n) is 3.55. The Hall–Kier alpha value is -1.49. The van der Waals surface area contributed by atoms with Crippen LogP contribution in [0, 0.1) is 12.7 Å². The van der Waals surface area contributed by atoms with Gasteiger partial charge in [0, 0.05) is 36.9 Å². The molecule has 1 aromatic carbocycles. The van der Waals surface area contributed by atoms with E-state index in [0.717, 1.165) is 11.3 Å². The van der Waals surface area contributed by atoms with Crippen molar-refractivity contribution in [3.05, 3.63) is 28.5 Å². The molecule has 1 amide bonds. The van der Waals surface area contributed by atoms with Crippen LogP contribution in [0.15, 0.2) is 12.1 Å². The van der Waals surface area contributed by atoms with Crippen molar-refractivity contribution in [1.29, 1.82) is 0 Å². The number of benzene rings is 1. The average Bonchev–Trinajstić information content (AvgIpc) is 2.41. The van der Waals surface area contributed by atoms with Crippen LogP contribution in [0.5, 0.6) is 0 Å². The van der Waals surface area contributed by atoms with Crippen LogP contribution in [0.2, 0.25) is 5.02 Å². The van der Waals surface area contributed by atoms with E-state index < -0.39 is 5.60 Å². The third kappa shape index (κ3) is 4.03. The predicted octanol–water partition coefficient (Wildman–Crippen LogP) is 3.84. The van der Waals surface area contributed by atoms with Crippen molar-refractivity contribution in [2.24, 2.45) is 0 Å². The van der Waals surface area contributed by atoms with Gasteiger partial charge in [-0.15, -0.1) is 0 Å². The minimum Gasteiger partial charge on any atom is -0.444 e. The van der Waals surface area contributed by atoms with Gasteiger partial charge in [-0.1, -0.05) is 11.6 Å². The second-order valence-electron chi connectivity index (χ2n) is 6.49. The Morgan fingerprint density at radius 3 is 2.36 bits per heavy atom. The molecule has 6 heteroatoms. The highest BCUT2D eigenvalue weighted by Gasteiger charge is 2.26. The smallest absolute Gasteiger partial charge is 0.410 e. The molecule has 0 N–H and O–H groups in total. The molecular weight excluding hydrogens is 307 g/mol. The largest absolute Gasteiger partial charge is 0.444 e. The molecular formula is C16H22ClFN2O2. The summed E-state index contributed by atoms with van der Waals surface area (Å²) in [5.74, 6) is -0.347. The maximum absolute atomic E-state index is 13.6. The summed E-state index contributed by atoms with van der Waals surface area (Å²) in [5.41, 5.74) is 1.14. The van der Waals surface area contributed by atoms with Gasteiger partial charge in [0.05, 0.1) is 0 Å². The van der Waals surface area contributed by atoms with E-state index in [0.29, 0.717) is 31.2 Å². The van der Waals surface area contributed by atoms with E-state index in [-0.39, 0.29) is 11.9 Å². The molecule has 0 saturated carbocycles. The van der Waals surface area contributed by atoms with Crippen molar-refractivity contribution < 1.29 is 13.9 Å². The maximum Gasteiger partial charge on any atom is 0.410 e. The van der Waals surface area contributed by atoms with Crippen molar-refractivity contribution >= 4 is 23.4 Å². The zero-order valence-electron chi connectivity index (χ0n) is 13.4. The molecule has 1 aliphatic heterocycles. The number of hydrogen-bond donors (Lipinski definition) is 0. The Kier molecular flexibility index (Phi) is 4.85. The lowest BCUT2D eigenvalue weighted by Gasteiger charge is -2.37. The van der Waals surface area contributed by atoms with Gasteiger partial charge in [0.15, 0.2) is 0 Å². The first-order valence-electron chi connectivity index (χ1n) is 7.36. The first kappa shape index (κ1) is 16.9. The Bertz CT molecular complexity index is 564. The monoisotopic (exact) mass is 328 g/mol. The molecule has 0 bridgehead atoms. The summed E-state index contributed by atoms with van der Waals surface area (Å²) in [4.78, 5) is 15.8. The fraction of sp³-hybridized carbons (Fsp3) is 0.562. The molecule has 1 aliphatic rings. The van der Waals surface area contributed by atoms with Crippen LogP contribution in [0.25, 0.3) is 0 Å². The number of carbonyl (C=O) groups is 1. The van der Waals surface area contributed by atoms with E-state index >= 15 is 0 Å². The first-order valence-corrected chi connectivity index (χ1v) is 7.74. The predicted molar refractivity (Wildman–Crippen MR) is 86.2 cm³/mol. The fourth-order valence-corrected chi connectivity index (χ4v) is 2.62. The minimum atomic E-state index is -0.499. The second kappa shape index (κ2) is 6.32. The topological polar surface area (TPSA) is 32.8 Å². The summed E-state index contributed by atoms with van der Waals surface area (Å²) in [5, 5.41) is 0.421. The van der Waals surface area contributed by atoms with E-state index in [1.807, 2.05) is 32.6 Å². The molecule has 2 rings (SSSR count). The Morgan fingerprint density at radius 2 is 1.82 bits per heavy atom. The first-order chi connectivity index (χ1) is 10.2. The molecule has 0 atom stereocenters. The number of hydrogen-bond acceptors (Lipinski definition) is 3. The normalized spacial score (nSPS) is 15.9. The van der Waals surface area contributed by atoms with Gasteiger partial charge in [0.1, 0.15) is 11.4 Å². The number of carbonyl (C=O) groups excluding carboxylic acids is 1. The summed E-state index contributed by atoms with van der Waals surface area (Å²) < 4.78 is 18.9. The lowest BCUT2D eigenvalue weighted by molar-refractivity contribution is 0.0240. The quantitative estimate of drug-likeness (QED) is 0.785. The number of halogens is 2. The zero-order chi connectivity index (χ0) is 16.5. The highest BCUT2D eigenvalue weighted by atomic mass is 35.5. The van der Waals surface area contributed by atoms with Gasteiger partial charge in [0.2, 0.25) is 0 Å². The molecule has 122 valence electrons. The van der Waals surface area contributed by atoms with Gasteiger partial charge < -0.3 is 14.5 Å². The summed E-state index contributed by atoms with van der Waals surface area (Å²) in [6.07, 6.45) is -0.304. The van der Waals surface area contributed by atoms with Crippen molar-refractivity contribution in [3.63, 3.8) is 0 Å². The van der Waals surface area contributed by atoms with Crippen molar-refractivity contribution in [2.45, 2.75) is 33.3 Å². The molecule has 1 aromatic rings. The Balaban J connectivity index is 2.02. The molecule has 0 aromatic heterocycles. The van der Waals surface area contributed by atoms with Gasteiger partial charge in [-0.3, -0.25) is 0 Å². The molecule has 0 aliphatic carbocycles. The minimum absolute atomic E-state index is 0.304. The van der Waals surface area contributed by atoms with Gasteiger partial charge in [-0.25, -0.2) is 9.18 Å². The number of amides is 1. The third-order valence-corrected chi connectivity index (χ3v) is 3.95. The zero-order valence-corrected chi connectivity index (χ0v) is 14.2. The summed E-state index contributed by atoms with van der Waals surface area (Å²) in [6.45, 7) is 9.75. The second-order valence-corrected chi connectivity index (χ2v) is 6.89. The van der Waals surface area contributed by atoms with Gasteiger partial charge in [0.25, 0.3) is 0 Å². The highest BCUT2D eigenvalue weighted by Crippen LogP contribution is 2.29. The molecule has 1 fully saturated rings. The molecule has 22 heavy (non-hydrogen) atoms. The van der Waals surface area contributed by atoms with E-state index in [2.05, 4.69) is 0 Å². The van der Waals surface area contributed by atoms with Crippen LogP contribution < -0.4 is 4.90 Å². The van der Waals surface area contributed by atoms with Crippen molar-refractivity contribution in [2.75, 3.05) is 31.1 Å². The molecule has 4 nitrogen and oxygen atoms in total. The lowest BCUT2D eigenvalue weighted by atomic mass is 10.1. The SMILES string of the molecule is Cc1c(Cl)cc(F)cc1N1CCN(C(=O)OC(C)(C)C)CC1. The Morgan fingerprint density at radius 1 is 1.23 bits per heavy atom. The maximum atomic E-state index is 13.6. The van der Waals surface area contributed by atoms with Crippen LogP contribution in [0.4, 0.5) is 14.9 Å². The van der Waals surface area contributed by atoms with Crippen LogP contribution in [-0.4, -0.2) is 42.8 Å². The van der Waals surface area contributed by atoms with Crippen molar-refractivity contribution in [1.82, 2.24) is 4.90 Å². The fourth-order valence-electron chi connectivity index (χ4n) is 2.42. The number of piperazine rings is 1. The van der Waals surface area contributed by atoms with Gasteiger partial charge >= 0.3 is 6.09 Å². The van der Waals surface area contributed by atoms with Crippen LogP contribution >= 0.6 is 11.6 Å². The molecule has 1 heterocycles. The van der Waals surface area contributed by atoms with E-state index in [9.17, 15) is 9.18 Å². The number of rotatable bonds is 1. The lowest BCUT2D eigenvalue weighted by Crippen LogP contribution is -2.50. The number of nitrogens with zero attached hydrogens (tertiary/aromatic N) is 2.